The Morgan fingerprint density at radius 3 is 2.48 bits per heavy atom. The molecule has 0 heterocycles. The number of halogens is 1. The third-order valence-electron chi connectivity index (χ3n) is 3.07. The van der Waals surface area contributed by atoms with Crippen molar-refractivity contribution in [3.63, 3.8) is 0 Å². The van der Waals surface area contributed by atoms with Crippen LogP contribution < -0.4 is 15.4 Å². The van der Waals surface area contributed by atoms with Crippen LogP contribution in [0.5, 0.6) is 5.75 Å². The van der Waals surface area contributed by atoms with Gasteiger partial charge in [0.15, 0.2) is 6.10 Å². The van der Waals surface area contributed by atoms with Gasteiger partial charge in [-0.15, -0.1) is 0 Å². The number of hydrogen-bond acceptors (Lipinski definition) is 5. The zero-order valence-electron chi connectivity index (χ0n) is 13.1. The molecule has 0 saturated heterocycles. The summed E-state index contributed by atoms with van der Waals surface area (Å²) < 4.78 is 5.35. The third kappa shape index (κ3) is 5.18. The molecule has 1 atom stereocenters. The van der Waals surface area contributed by atoms with Gasteiger partial charge in [0.05, 0.1) is 9.95 Å². The summed E-state index contributed by atoms with van der Waals surface area (Å²) >= 11 is 5.89. The van der Waals surface area contributed by atoms with E-state index in [0.717, 1.165) is 6.07 Å². The van der Waals surface area contributed by atoms with Crippen molar-refractivity contribution in [2.45, 2.75) is 13.0 Å². The minimum atomic E-state index is -1.04. The van der Waals surface area contributed by atoms with Gasteiger partial charge in [-0.1, -0.05) is 29.8 Å². The Hall–Kier alpha value is -3.13. The minimum absolute atomic E-state index is 0.0115. The van der Waals surface area contributed by atoms with Gasteiger partial charge in [-0.2, -0.15) is 0 Å². The second kappa shape index (κ2) is 8.11. The van der Waals surface area contributed by atoms with Crippen molar-refractivity contribution in [2.24, 2.45) is 0 Å². The fraction of sp³-hybridized carbons (Fsp3) is 0.125. The van der Waals surface area contributed by atoms with E-state index in [0.29, 0.717) is 5.69 Å². The smallest absolute Gasteiger partial charge is 0.325 e. The van der Waals surface area contributed by atoms with Crippen LogP contribution in [-0.4, -0.2) is 23.0 Å². The fourth-order valence-electron chi connectivity index (χ4n) is 1.84. The van der Waals surface area contributed by atoms with Gasteiger partial charge in [-0.3, -0.25) is 20.2 Å². The van der Waals surface area contributed by atoms with Gasteiger partial charge in [0.25, 0.3) is 11.6 Å². The number of imide groups is 1. The molecule has 2 aromatic rings. The Morgan fingerprint density at radius 2 is 1.88 bits per heavy atom. The first-order valence-corrected chi connectivity index (χ1v) is 7.52. The Balaban J connectivity index is 1.94. The number of hydrogen-bond donors (Lipinski definition) is 2. The van der Waals surface area contributed by atoms with E-state index in [-0.39, 0.29) is 16.5 Å². The fourth-order valence-corrected chi connectivity index (χ4v) is 2.06. The topological polar surface area (TPSA) is 111 Å². The van der Waals surface area contributed by atoms with E-state index in [1.165, 1.54) is 19.1 Å². The molecule has 1 unspecified atom stereocenters. The lowest BCUT2D eigenvalue weighted by Gasteiger charge is -2.15. The second-order valence-electron chi connectivity index (χ2n) is 4.94. The molecular formula is C16H14ClN3O5. The monoisotopic (exact) mass is 363 g/mol. The molecule has 0 aliphatic rings. The molecule has 2 N–H and O–H groups in total. The number of anilines is 1. The van der Waals surface area contributed by atoms with Crippen LogP contribution in [0.2, 0.25) is 5.02 Å². The highest BCUT2D eigenvalue weighted by molar-refractivity contribution is 6.32. The largest absolute Gasteiger partial charge is 0.479 e. The number of para-hydroxylation sites is 1. The summed E-state index contributed by atoms with van der Waals surface area (Å²) in [6.07, 6.45) is -1.04. The van der Waals surface area contributed by atoms with Gasteiger partial charge < -0.3 is 10.1 Å². The van der Waals surface area contributed by atoms with E-state index in [4.69, 9.17) is 16.3 Å². The van der Waals surface area contributed by atoms with Crippen LogP contribution in [0.25, 0.3) is 0 Å². The summed E-state index contributed by atoms with van der Waals surface area (Å²) in [7, 11) is 0. The maximum atomic E-state index is 12.0. The standard InChI is InChI=1S/C16H14ClN3O5/c1-10(25-14-8-7-12(20(23)24)9-13(14)17)15(21)19-16(22)18-11-5-3-2-4-6-11/h2-10H,1H3,(H2,18,19,21,22). The van der Waals surface area contributed by atoms with Crippen LogP contribution in [0.1, 0.15) is 6.92 Å². The van der Waals surface area contributed by atoms with Gasteiger partial charge in [0.2, 0.25) is 0 Å². The number of non-ortho nitro benzene ring substituents is 1. The number of amides is 3. The number of benzene rings is 2. The molecule has 0 aromatic heterocycles. The molecule has 2 aromatic carbocycles. The predicted octanol–water partition coefficient (Wildman–Crippen LogP) is 3.36. The first kappa shape index (κ1) is 18.2. The average molecular weight is 364 g/mol. The van der Waals surface area contributed by atoms with Crippen molar-refractivity contribution in [1.29, 1.82) is 0 Å². The molecule has 8 nitrogen and oxygen atoms in total. The number of carbonyl (C=O) groups excluding carboxylic acids is 2. The molecule has 9 heteroatoms. The third-order valence-corrected chi connectivity index (χ3v) is 3.36. The van der Waals surface area contributed by atoms with E-state index in [1.54, 1.807) is 30.3 Å². The molecule has 0 fully saturated rings. The Kier molecular flexibility index (Phi) is 5.91. The predicted molar refractivity (Wildman–Crippen MR) is 91.8 cm³/mol. The molecular weight excluding hydrogens is 350 g/mol. The highest BCUT2D eigenvalue weighted by atomic mass is 35.5. The van der Waals surface area contributed by atoms with Crippen molar-refractivity contribution >= 4 is 34.9 Å². The van der Waals surface area contributed by atoms with E-state index >= 15 is 0 Å². The zero-order chi connectivity index (χ0) is 18.4. The quantitative estimate of drug-likeness (QED) is 0.625. The highest BCUT2D eigenvalue weighted by Gasteiger charge is 2.19. The summed E-state index contributed by atoms with van der Waals surface area (Å²) in [5.74, 6) is -0.596. The lowest BCUT2D eigenvalue weighted by molar-refractivity contribution is -0.384. The second-order valence-corrected chi connectivity index (χ2v) is 5.35. The lowest BCUT2D eigenvalue weighted by Crippen LogP contribution is -2.42. The van der Waals surface area contributed by atoms with Crippen LogP contribution in [-0.2, 0) is 4.79 Å². The molecule has 0 radical (unpaired) electrons. The van der Waals surface area contributed by atoms with Crippen LogP contribution >= 0.6 is 11.6 Å². The normalized spacial score (nSPS) is 11.3. The maximum Gasteiger partial charge on any atom is 0.325 e. The first-order chi connectivity index (χ1) is 11.9. The number of nitro groups is 1. The SMILES string of the molecule is CC(Oc1ccc([N+](=O)[O-])cc1Cl)C(=O)NC(=O)Nc1ccccc1. The summed E-state index contributed by atoms with van der Waals surface area (Å²) in [5, 5.41) is 15.3. The summed E-state index contributed by atoms with van der Waals surface area (Å²) in [5.41, 5.74) is 0.330. The van der Waals surface area contributed by atoms with Crippen LogP contribution in [0, 0.1) is 10.1 Å². The molecule has 3 amide bonds. The number of ether oxygens (including phenoxy) is 1. The van der Waals surface area contributed by atoms with Crippen LogP contribution in [0.15, 0.2) is 48.5 Å². The lowest BCUT2D eigenvalue weighted by atomic mass is 10.3. The van der Waals surface area contributed by atoms with Gasteiger partial charge >= 0.3 is 6.03 Å². The molecule has 2 rings (SSSR count). The van der Waals surface area contributed by atoms with E-state index in [1.807, 2.05) is 0 Å². The Morgan fingerprint density at radius 1 is 1.20 bits per heavy atom. The number of urea groups is 1. The Labute approximate surface area is 147 Å². The molecule has 0 aliphatic heterocycles. The van der Waals surface area contributed by atoms with Gasteiger partial charge in [-0.25, -0.2) is 4.79 Å². The number of rotatable bonds is 5. The van der Waals surface area contributed by atoms with Crippen molar-refractivity contribution in [3.05, 3.63) is 63.7 Å². The van der Waals surface area contributed by atoms with Crippen molar-refractivity contribution < 1.29 is 19.2 Å². The van der Waals surface area contributed by atoms with Gasteiger partial charge in [0.1, 0.15) is 5.75 Å². The molecule has 130 valence electrons. The molecule has 0 spiro atoms. The summed E-state index contributed by atoms with van der Waals surface area (Å²) in [6, 6.07) is 11.5. The van der Waals surface area contributed by atoms with Crippen LogP contribution in [0.4, 0.5) is 16.2 Å². The van der Waals surface area contributed by atoms with Crippen molar-refractivity contribution in [2.75, 3.05) is 5.32 Å². The number of carbonyl (C=O) groups is 2. The first-order valence-electron chi connectivity index (χ1n) is 7.14. The van der Waals surface area contributed by atoms with Gasteiger partial charge in [0, 0.05) is 17.8 Å². The summed E-state index contributed by atoms with van der Waals surface area (Å²) in [6.45, 7) is 1.42. The van der Waals surface area contributed by atoms with Crippen molar-refractivity contribution in [3.8, 4) is 5.75 Å². The molecule has 0 bridgehead atoms. The average Bonchev–Trinajstić information content (AvgIpc) is 2.57. The molecule has 0 aliphatic carbocycles. The molecule has 25 heavy (non-hydrogen) atoms. The van der Waals surface area contributed by atoms with E-state index in [2.05, 4.69) is 10.6 Å². The number of nitro benzene ring substituents is 1. The summed E-state index contributed by atoms with van der Waals surface area (Å²) in [4.78, 5) is 33.8. The van der Waals surface area contributed by atoms with E-state index < -0.39 is 23.0 Å². The maximum absolute atomic E-state index is 12.0. The Bertz CT molecular complexity index is 798. The molecule has 0 saturated carbocycles. The minimum Gasteiger partial charge on any atom is -0.479 e. The van der Waals surface area contributed by atoms with Crippen LogP contribution in [0.3, 0.4) is 0 Å². The zero-order valence-corrected chi connectivity index (χ0v) is 13.8. The number of nitrogens with one attached hydrogen (secondary N) is 2. The van der Waals surface area contributed by atoms with Crippen molar-refractivity contribution in [1.82, 2.24) is 5.32 Å². The van der Waals surface area contributed by atoms with Gasteiger partial charge in [-0.05, 0) is 25.1 Å². The highest BCUT2D eigenvalue weighted by Crippen LogP contribution is 2.29. The van der Waals surface area contributed by atoms with E-state index in [9.17, 15) is 19.7 Å². The number of nitrogens with zero attached hydrogens (tertiary/aromatic N) is 1.